The van der Waals surface area contributed by atoms with Gasteiger partial charge in [0.25, 0.3) is 15.9 Å². The molecule has 2 aliphatic carbocycles. The van der Waals surface area contributed by atoms with Crippen LogP contribution in [0.25, 0.3) is 0 Å². The van der Waals surface area contributed by atoms with E-state index < -0.39 is 92.0 Å². The van der Waals surface area contributed by atoms with Crippen LogP contribution in [0, 0.1) is 29.4 Å². The van der Waals surface area contributed by atoms with Crippen molar-refractivity contribution in [3.05, 3.63) is 71.8 Å². The van der Waals surface area contributed by atoms with E-state index >= 15 is 4.79 Å². The zero-order valence-electron chi connectivity index (χ0n) is 40.5. The number of sulfonamides is 1. The van der Waals surface area contributed by atoms with E-state index in [1.165, 1.54) is 28.0 Å². The predicted octanol–water partition coefficient (Wildman–Crippen LogP) is 5.00. The summed E-state index contributed by atoms with van der Waals surface area (Å²) < 4.78 is 65.1. The number of anilines is 1. The fourth-order valence-electron chi connectivity index (χ4n) is 11.2. The predicted molar refractivity (Wildman–Crippen MR) is 258 cm³/mol. The van der Waals surface area contributed by atoms with Crippen LogP contribution in [0.15, 0.2) is 53.9 Å². The van der Waals surface area contributed by atoms with Gasteiger partial charge in [-0.3, -0.25) is 28.9 Å². The van der Waals surface area contributed by atoms with Crippen LogP contribution in [-0.4, -0.2) is 121 Å². The highest BCUT2D eigenvalue weighted by Gasteiger charge is 2.61. The van der Waals surface area contributed by atoms with Crippen LogP contribution in [0.1, 0.15) is 114 Å². The topological polar surface area (TPSA) is 216 Å². The van der Waals surface area contributed by atoms with Crippen molar-refractivity contribution in [2.75, 3.05) is 38.0 Å². The van der Waals surface area contributed by atoms with E-state index in [4.69, 9.17) is 4.74 Å². The summed E-state index contributed by atoms with van der Waals surface area (Å²) in [5, 5.41) is 11.9. The molecule has 5 N–H and O–H groups in total. The molecular formula is C51H68F2N8O9S. The van der Waals surface area contributed by atoms with Crippen molar-refractivity contribution < 1.29 is 50.7 Å². The van der Waals surface area contributed by atoms with E-state index in [1.54, 1.807) is 12.1 Å². The number of hydrogen-bond donors (Lipinski definition) is 5. The molecule has 386 valence electrons. The Hall–Kier alpha value is -5.63. The maximum atomic E-state index is 15.2. The molecule has 2 saturated heterocycles. The van der Waals surface area contributed by atoms with E-state index in [0.717, 1.165) is 63.7 Å². The summed E-state index contributed by atoms with van der Waals surface area (Å²) >= 11 is 0. The lowest BCUT2D eigenvalue weighted by atomic mass is 9.83. The lowest BCUT2D eigenvalue weighted by Gasteiger charge is -2.35. The van der Waals surface area contributed by atoms with E-state index in [-0.39, 0.29) is 62.3 Å². The first-order valence-electron chi connectivity index (χ1n) is 25.5. The van der Waals surface area contributed by atoms with Crippen LogP contribution in [-0.2, 0) is 51.8 Å². The van der Waals surface area contributed by atoms with Crippen molar-refractivity contribution in [1.29, 1.82) is 0 Å². The molecule has 1 spiro atoms. The minimum Gasteiger partial charge on any atom is -0.444 e. The Morgan fingerprint density at radius 1 is 0.944 bits per heavy atom. The zero-order valence-corrected chi connectivity index (χ0v) is 41.3. The van der Waals surface area contributed by atoms with Crippen molar-refractivity contribution in [3.63, 3.8) is 0 Å². The molecule has 0 radical (unpaired) electrons. The number of nitrogens with zero attached hydrogens (tertiary/aromatic N) is 3. The molecular weight excluding hydrogens is 939 g/mol. The third-order valence-electron chi connectivity index (χ3n) is 15.4. The Morgan fingerprint density at radius 3 is 2.44 bits per heavy atom. The molecule has 6 amide bonds. The fraction of sp³-hybridized carbons (Fsp3) is 0.608. The Bertz CT molecular complexity index is 2470. The van der Waals surface area contributed by atoms with Gasteiger partial charge in [0, 0.05) is 37.5 Å². The Kier molecular flexibility index (Phi) is 16.3. The van der Waals surface area contributed by atoms with Crippen LogP contribution < -0.4 is 26.0 Å². The number of likely N-dealkylation sites (tertiary alicyclic amines) is 1. The van der Waals surface area contributed by atoms with Crippen molar-refractivity contribution in [2.24, 2.45) is 17.8 Å². The first kappa shape index (κ1) is 51.7. The Morgan fingerprint density at radius 2 is 1.69 bits per heavy atom. The molecule has 20 heteroatoms. The van der Waals surface area contributed by atoms with Crippen LogP contribution in [0.2, 0.25) is 0 Å². The van der Waals surface area contributed by atoms with Crippen molar-refractivity contribution in [3.8, 4) is 0 Å². The van der Waals surface area contributed by atoms with Crippen LogP contribution in [0.3, 0.4) is 0 Å². The van der Waals surface area contributed by atoms with Gasteiger partial charge in [-0.15, -0.1) is 6.58 Å². The van der Waals surface area contributed by atoms with Gasteiger partial charge in [0.2, 0.25) is 23.6 Å². The quantitative estimate of drug-likeness (QED) is 0.222. The van der Waals surface area contributed by atoms with Gasteiger partial charge in [0.05, 0.1) is 24.7 Å². The van der Waals surface area contributed by atoms with E-state index in [0.29, 0.717) is 62.7 Å². The molecule has 0 unspecified atom stereocenters. The second-order valence-electron chi connectivity index (χ2n) is 20.2. The molecule has 6 aliphatic rings. The molecule has 2 saturated carbocycles. The van der Waals surface area contributed by atoms with Gasteiger partial charge in [0.1, 0.15) is 46.3 Å². The number of nitrogens with one attached hydrogen (secondary N) is 5. The smallest absolute Gasteiger partial charge is 0.410 e. The molecule has 2 aromatic rings. The number of rotatable bonds is 8. The number of ether oxygens (including phenoxy) is 1. The lowest BCUT2D eigenvalue weighted by Crippen LogP contribution is -2.60. The SMILES string of the molecule is C=C[C@@H]1C[C@@]12NC(=O)[C@@H]1C[C@@H](OC(=O)N3Cc4cccc(F)c4C3)CN1C(=O)[C@@H](NC(=O)[C@@H](NC(=O)[C@@H]1CCCN(CC)C1)C1CCCCC1)CCCCCCCNc1ccc(F)cc1S(=O)(=O)NC2=O. The van der Waals surface area contributed by atoms with E-state index in [9.17, 15) is 41.2 Å². The van der Waals surface area contributed by atoms with Crippen molar-refractivity contribution in [1.82, 2.24) is 35.4 Å². The van der Waals surface area contributed by atoms with Crippen molar-refractivity contribution >= 4 is 51.3 Å². The summed E-state index contributed by atoms with van der Waals surface area (Å²) in [5.41, 5.74) is -0.787. The molecule has 0 aromatic heterocycles. The van der Waals surface area contributed by atoms with E-state index in [2.05, 4.69) is 44.4 Å². The summed E-state index contributed by atoms with van der Waals surface area (Å²) in [7, 11) is -4.72. The third-order valence-corrected chi connectivity index (χ3v) is 16.8. The van der Waals surface area contributed by atoms with Gasteiger partial charge in [0.15, 0.2) is 0 Å². The summed E-state index contributed by atoms with van der Waals surface area (Å²) in [6.07, 6.45) is 8.37. The highest BCUT2D eigenvalue weighted by molar-refractivity contribution is 7.90. The highest BCUT2D eigenvalue weighted by atomic mass is 32.2. The molecule has 2 aromatic carbocycles. The van der Waals surface area contributed by atoms with Gasteiger partial charge in [-0.25, -0.2) is 26.7 Å². The summed E-state index contributed by atoms with van der Waals surface area (Å²) in [6.45, 7) is 8.20. The third kappa shape index (κ3) is 11.8. The fourth-order valence-corrected chi connectivity index (χ4v) is 12.4. The second-order valence-corrected chi connectivity index (χ2v) is 21.9. The molecule has 71 heavy (non-hydrogen) atoms. The van der Waals surface area contributed by atoms with Crippen LogP contribution in [0.5, 0.6) is 0 Å². The first-order chi connectivity index (χ1) is 34.1. The molecule has 4 heterocycles. The van der Waals surface area contributed by atoms with Gasteiger partial charge in [-0.1, -0.05) is 70.1 Å². The molecule has 17 nitrogen and oxygen atoms in total. The van der Waals surface area contributed by atoms with E-state index in [1.807, 2.05) is 0 Å². The monoisotopic (exact) mass is 1010 g/mol. The Labute approximate surface area is 414 Å². The van der Waals surface area contributed by atoms with Crippen molar-refractivity contribution in [2.45, 2.75) is 151 Å². The number of fused-ring (bicyclic) bond motifs is 3. The second kappa shape index (κ2) is 22.4. The largest absolute Gasteiger partial charge is 0.444 e. The molecule has 4 fully saturated rings. The number of carbonyl (C=O) groups excluding carboxylic acids is 6. The number of piperidine rings is 1. The van der Waals surface area contributed by atoms with Gasteiger partial charge in [-0.2, -0.15) is 0 Å². The lowest BCUT2D eigenvalue weighted by molar-refractivity contribution is -0.143. The number of halogens is 2. The minimum atomic E-state index is -4.72. The van der Waals surface area contributed by atoms with Gasteiger partial charge >= 0.3 is 6.09 Å². The van der Waals surface area contributed by atoms with Crippen LogP contribution >= 0.6 is 0 Å². The molecule has 0 bridgehead atoms. The zero-order chi connectivity index (χ0) is 50.5. The van der Waals surface area contributed by atoms with Gasteiger partial charge in [-0.05, 0) is 93.8 Å². The maximum Gasteiger partial charge on any atom is 0.410 e. The minimum absolute atomic E-state index is 0.0483. The molecule has 4 aliphatic heterocycles. The van der Waals surface area contributed by atoms with Crippen LogP contribution in [0.4, 0.5) is 19.3 Å². The summed E-state index contributed by atoms with van der Waals surface area (Å²) in [5.74, 6) is -5.79. The first-order valence-corrected chi connectivity index (χ1v) is 27.0. The number of carbonyl (C=O) groups is 6. The molecule has 8 rings (SSSR count). The van der Waals surface area contributed by atoms with Gasteiger partial charge < -0.3 is 35.8 Å². The Balaban J connectivity index is 1.09. The maximum absolute atomic E-state index is 15.2. The number of benzene rings is 2. The highest BCUT2D eigenvalue weighted by Crippen LogP contribution is 2.45. The number of amides is 6. The average molecular weight is 1010 g/mol. The normalized spacial score (nSPS) is 28.2. The average Bonchev–Trinajstić information content (AvgIpc) is 3.64. The summed E-state index contributed by atoms with van der Waals surface area (Å²) in [4.78, 5) is 90.9. The standard InChI is InChI=1S/C51H68F2N8O9S/c1-3-35-27-51(35)49(66)58-71(68,69)43-25-36(52)21-22-40(43)54-23-12-7-5-6-11-20-41(55-47(64)44(32-15-9-8-10-16-32)56-45(62)34-18-14-24-59(4-2)28-34)48(65)61-30-37(26-42(61)46(63)57-51)70-50(67)60-29-33-17-13-19-39(53)38(33)31-60/h3,13,17,19,21-22,25,32,34-35,37,41-42,44,54H,1,4-12,14-16,18,20,23-24,26-31H2,2H3,(H,55,64)(H,56,62)(H,57,63)(H,58,66)/t34-,35-,37-,41+,42+,44+,51-/m1/s1. The number of hydrogen-bond acceptors (Lipinski definition) is 11. The summed E-state index contributed by atoms with van der Waals surface area (Å²) in [6, 6.07) is 4.30. The molecule has 7 atom stereocenters.